The molecule has 1 rings (SSSR count). The lowest BCUT2D eigenvalue weighted by atomic mass is 10.1. The van der Waals surface area contributed by atoms with E-state index >= 15 is 0 Å². The van der Waals surface area contributed by atoms with E-state index in [1.807, 2.05) is 13.8 Å². The van der Waals surface area contributed by atoms with E-state index in [0.29, 0.717) is 0 Å². The lowest BCUT2D eigenvalue weighted by molar-refractivity contribution is 0.0596. The number of halogens is 2. The van der Waals surface area contributed by atoms with Crippen molar-refractivity contribution in [3.63, 3.8) is 0 Å². The Morgan fingerprint density at radius 2 is 1.88 bits per heavy atom. The zero-order valence-corrected chi connectivity index (χ0v) is 9.34. The van der Waals surface area contributed by atoms with E-state index in [2.05, 4.69) is 5.43 Å². The van der Waals surface area contributed by atoms with Crippen LogP contribution in [-0.2, 0) is 4.74 Å². The van der Waals surface area contributed by atoms with Crippen molar-refractivity contribution >= 4 is 0 Å². The van der Waals surface area contributed by atoms with Crippen molar-refractivity contribution in [1.82, 2.24) is 5.43 Å². The van der Waals surface area contributed by atoms with Crippen LogP contribution in [-0.4, -0.2) is 12.7 Å². The maximum atomic E-state index is 13.4. The van der Waals surface area contributed by atoms with Crippen LogP contribution in [0.15, 0.2) is 18.2 Å². The minimum absolute atomic E-state index is 0.0225. The van der Waals surface area contributed by atoms with Crippen LogP contribution in [0.1, 0.15) is 25.5 Å². The van der Waals surface area contributed by atoms with E-state index in [1.54, 1.807) is 0 Å². The number of ether oxygens (including phenoxy) is 1. The van der Waals surface area contributed by atoms with Crippen molar-refractivity contribution in [2.75, 3.05) is 6.61 Å². The average molecular weight is 230 g/mol. The average Bonchev–Trinajstić information content (AvgIpc) is 2.22. The first kappa shape index (κ1) is 13.0. The highest BCUT2D eigenvalue weighted by Crippen LogP contribution is 2.20. The summed E-state index contributed by atoms with van der Waals surface area (Å²) >= 11 is 0. The van der Waals surface area contributed by atoms with Crippen LogP contribution in [0.2, 0.25) is 0 Å². The standard InChI is InChI=1S/C11H16F2N2O/c1-7(2)16-6-10(15-14)11-8(12)4-3-5-9(11)13/h3-5,7,10,15H,6,14H2,1-2H3. The molecular weight excluding hydrogens is 214 g/mol. The Labute approximate surface area is 93.6 Å². The fraction of sp³-hybridized carbons (Fsp3) is 0.455. The number of rotatable bonds is 5. The Bertz CT molecular complexity index is 325. The van der Waals surface area contributed by atoms with Crippen LogP contribution in [0.3, 0.4) is 0 Å². The molecule has 0 radical (unpaired) electrons. The van der Waals surface area contributed by atoms with Gasteiger partial charge in [-0.1, -0.05) is 6.07 Å². The van der Waals surface area contributed by atoms with Gasteiger partial charge in [0.05, 0.1) is 18.8 Å². The van der Waals surface area contributed by atoms with Crippen LogP contribution in [0, 0.1) is 11.6 Å². The minimum Gasteiger partial charge on any atom is -0.377 e. The molecular formula is C11H16F2N2O. The van der Waals surface area contributed by atoms with Gasteiger partial charge in [-0.3, -0.25) is 11.3 Å². The highest BCUT2D eigenvalue weighted by atomic mass is 19.1. The van der Waals surface area contributed by atoms with E-state index in [1.165, 1.54) is 18.2 Å². The van der Waals surface area contributed by atoms with Gasteiger partial charge in [0.2, 0.25) is 0 Å². The molecule has 1 atom stereocenters. The monoisotopic (exact) mass is 230 g/mol. The molecule has 90 valence electrons. The predicted molar refractivity (Wildman–Crippen MR) is 57.5 cm³/mol. The van der Waals surface area contributed by atoms with Gasteiger partial charge in [0, 0.05) is 5.56 Å². The second-order valence-electron chi connectivity index (χ2n) is 3.74. The fourth-order valence-electron chi connectivity index (χ4n) is 1.35. The molecule has 0 aliphatic rings. The van der Waals surface area contributed by atoms with Gasteiger partial charge in [-0.2, -0.15) is 0 Å². The van der Waals surface area contributed by atoms with Crippen molar-refractivity contribution < 1.29 is 13.5 Å². The summed E-state index contributed by atoms with van der Waals surface area (Å²) in [4.78, 5) is 0. The molecule has 3 nitrogen and oxygen atoms in total. The molecule has 0 aromatic heterocycles. The van der Waals surface area contributed by atoms with E-state index in [4.69, 9.17) is 10.6 Å². The summed E-state index contributed by atoms with van der Waals surface area (Å²) in [5.74, 6) is 4.01. The smallest absolute Gasteiger partial charge is 0.131 e. The van der Waals surface area contributed by atoms with Gasteiger partial charge in [0.1, 0.15) is 11.6 Å². The molecule has 0 heterocycles. The Hall–Kier alpha value is -1.04. The molecule has 16 heavy (non-hydrogen) atoms. The third-order valence-electron chi connectivity index (χ3n) is 2.15. The molecule has 0 fully saturated rings. The Morgan fingerprint density at radius 3 is 2.31 bits per heavy atom. The number of hydrogen-bond donors (Lipinski definition) is 2. The quantitative estimate of drug-likeness (QED) is 0.600. The van der Waals surface area contributed by atoms with Crippen molar-refractivity contribution in [3.05, 3.63) is 35.4 Å². The first-order chi connectivity index (χ1) is 7.56. The summed E-state index contributed by atoms with van der Waals surface area (Å²) in [6.07, 6.45) is -0.0225. The van der Waals surface area contributed by atoms with Gasteiger partial charge in [-0.15, -0.1) is 0 Å². The highest BCUT2D eigenvalue weighted by Gasteiger charge is 2.19. The van der Waals surface area contributed by atoms with Crippen LogP contribution in [0.5, 0.6) is 0 Å². The molecule has 0 spiro atoms. The maximum Gasteiger partial charge on any atom is 0.131 e. The maximum absolute atomic E-state index is 13.4. The van der Waals surface area contributed by atoms with E-state index in [9.17, 15) is 8.78 Å². The van der Waals surface area contributed by atoms with Gasteiger partial charge in [-0.25, -0.2) is 8.78 Å². The van der Waals surface area contributed by atoms with Crippen molar-refractivity contribution in [2.24, 2.45) is 5.84 Å². The molecule has 3 N–H and O–H groups in total. The molecule has 0 saturated heterocycles. The van der Waals surface area contributed by atoms with Gasteiger partial charge in [0.15, 0.2) is 0 Å². The Kier molecular flexibility index (Phi) is 4.79. The Balaban J connectivity index is 2.86. The molecule has 0 saturated carbocycles. The molecule has 5 heteroatoms. The number of hydrazine groups is 1. The zero-order chi connectivity index (χ0) is 12.1. The van der Waals surface area contributed by atoms with E-state index in [0.717, 1.165) is 0 Å². The first-order valence-electron chi connectivity index (χ1n) is 5.08. The lowest BCUT2D eigenvalue weighted by Crippen LogP contribution is -2.33. The summed E-state index contributed by atoms with van der Waals surface area (Å²) in [6.45, 7) is 3.79. The second kappa shape index (κ2) is 5.89. The summed E-state index contributed by atoms with van der Waals surface area (Å²) in [5.41, 5.74) is 2.26. The van der Waals surface area contributed by atoms with Crippen molar-refractivity contribution in [1.29, 1.82) is 0 Å². The minimum atomic E-state index is -0.691. The molecule has 1 aromatic carbocycles. The van der Waals surface area contributed by atoms with E-state index in [-0.39, 0.29) is 18.3 Å². The lowest BCUT2D eigenvalue weighted by Gasteiger charge is -2.19. The zero-order valence-electron chi connectivity index (χ0n) is 9.34. The predicted octanol–water partition coefficient (Wildman–Crippen LogP) is 1.89. The molecule has 0 aliphatic heterocycles. The second-order valence-corrected chi connectivity index (χ2v) is 3.74. The highest BCUT2D eigenvalue weighted by molar-refractivity contribution is 5.23. The normalized spacial score (nSPS) is 13.1. The van der Waals surface area contributed by atoms with Gasteiger partial charge >= 0.3 is 0 Å². The molecule has 0 bridgehead atoms. The summed E-state index contributed by atoms with van der Waals surface area (Å²) in [5, 5.41) is 0. The summed E-state index contributed by atoms with van der Waals surface area (Å²) < 4.78 is 32.1. The fourth-order valence-corrected chi connectivity index (χ4v) is 1.35. The number of hydrogen-bond acceptors (Lipinski definition) is 3. The van der Waals surface area contributed by atoms with Gasteiger partial charge in [0.25, 0.3) is 0 Å². The van der Waals surface area contributed by atoms with Crippen LogP contribution >= 0.6 is 0 Å². The summed E-state index contributed by atoms with van der Waals surface area (Å²) in [7, 11) is 0. The molecule has 0 amide bonds. The number of nitrogens with two attached hydrogens (primary N) is 1. The third-order valence-corrected chi connectivity index (χ3v) is 2.15. The van der Waals surface area contributed by atoms with E-state index < -0.39 is 17.7 Å². The van der Waals surface area contributed by atoms with Crippen LogP contribution in [0.4, 0.5) is 8.78 Å². The topological polar surface area (TPSA) is 47.3 Å². The van der Waals surface area contributed by atoms with Gasteiger partial charge in [-0.05, 0) is 26.0 Å². The summed E-state index contributed by atoms with van der Waals surface area (Å²) in [6, 6.07) is 3.00. The van der Waals surface area contributed by atoms with Crippen molar-refractivity contribution in [2.45, 2.75) is 26.0 Å². The SMILES string of the molecule is CC(C)OCC(NN)c1c(F)cccc1F. The molecule has 0 aliphatic carbocycles. The molecule has 1 unspecified atom stereocenters. The number of nitrogens with one attached hydrogen (secondary N) is 1. The largest absolute Gasteiger partial charge is 0.377 e. The molecule has 1 aromatic rings. The van der Waals surface area contributed by atoms with Gasteiger partial charge < -0.3 is 4.74 Å². The van der Waals surface area contributed by atoms with Crippen LogP contribution in [0.25, 0.3) is 0 Å². The third kappa shape index (κ3) is 3.23. The first-order valence-corrected chi connectivity index (χ1v) is 5.08. The Morgan fingerprint density at radius 1 is 1.31 bits per heavy atom. The van der Waals surface area contributed by atoms with Crippen molar-refractivity contribution in [3.8, 4) is 0 Å². The number of benzene rings is 1. The van der Waals surface area contributed by atoms with Crippen LogP contribution < -0.4 is 11.3 Å².